The number of amides is 1. The third-order valence-corrected chi connectivity index (χ3v) is 2.31. The van der Waals surface area contributed by atoms with Crippen LogP contribution in [0.5, 0.6) is 0 Å². The number of carbonyl (C=O) groups excluding carboxylic acids is 1. The van der Waals surface area contributed by atoms with Crippen molar-refractivity contribution in [1.29, 1.82) is 0 Å². The molecule has 0 aromatic heterocycles. The first kappa shape index (κ1) is 11.7. The van der Waals surface area contributed by atoms with Gasteiger partial charge in [0.15, 0.2) is 0 Å². The van der Waals surface area contributed by atoms with Crippen LogP contribution in [-0.2, 0) is 0 Å². The van der Waals surface area contributed by atoms with Crippen molar-refractivity contribution in [1.82, 2.24) is 5.01 Å². The Morgan fingerprint density at radius 2 is 1.93 bits per heavy atom. The molecule has 0 spiro atoms. The quantitative estimate of drug-likeness (QED) is 0.466. The number of aryl methyl sites for hydroxylation is 1. The molecule has 1 rings (SSSR count). The number of hydrogen-bond donors (Lipinski definition) is 1. The number of rotatable bonds is 4. The second kappa shape index (κ2) is 5.51. The van der Waals surface area contributed by atoms with E-state index in [0.717, 1.165) is 18.4 Å². The molecular formula is C12H18N2O. The van der Waals surface area contributed by atoms with Crippen molar-refractivity contribution in [3.63, 3.8) is 0 Å². The average Bonchev–Trinajstić information content (AvgIpc) is 2.26. The summed E-state index contributed by atoms with van der Waals surface area (Å²) in [6.45, 7) is 4.68. The van der Waals surface area contributed by atoms with E-state index in [-0.39, 0.29) is 5.91 Å². The van der Waals surface area contributed by atoms with Gasteiger partial charge in [0.1, 0.15) is 0 Å². The summed E-state index contributed by atoms with van der Waals surface area (Å²) in [5.74, 6) is 5.55. The highest BCUT2D eigenvalue weighted by Crippen LogP contribution is 2.05. The fourth-order valence-electron chi connectivity index (χ4n) is 1.29. The van der Waals surface area contributed by atoms with Crippen molar-refractivity contribution in [2.45, 2.75) is 26.7 Å². The van der Waals surface area contributed by atoms with E-state index < -0.39 is 0 Å². The number of hydrogen-bond acceptors (Lipinski definition) is 2. The van der Waals surface area contributed by atoms with Crippen molar-refractivity contribution in [3.8, 4) is 0 Å². The molecule has 0 bridgehead atoms. The highest BCUT2D eigenvalue weighted by Gasteiger charge is 2.10. The molecule has 3 heteroatoms. The maximum Gasteiger partial charge on any atom is 0.267 e. The van der Waals surface area contributed by atoms with Crippen LogP contribution >= 0.6 is 0 Å². The van der Waals surface area contributed by atoms with Crippen LogP contribution in [0.25, 0.3) is 0 Å². The SMILES string of the molecule is CCCCN(N)C(=O)c1ccc(C)cc1. The smallest absolute Gasteiger partial charge is 0.267 e. The molecule has 0 radical (unpaired) electrons. The van der Waals surface area contributed by atoms with Crippen LogP contribution in [-0.4, -0.2) is 17.5 Å². The maximum absolute atomic E-state index is 11.8. The number of hydrazine groups is 1. The number of nitrogens with two attached hydrogens (primary N) is 1. The van der Waals surface area contributed by atoms with Gasteiger partial charge in [0.25, 0.3) is 5.91 Å². The molecule has 3 nitrogen and oxygen atoms in total. The van der Waals surface area contributed by atoms with Gasteiger partial charge >= 0.3 is 0 Å². The first-order chi connectivity index (χ1) is 7.15. The van der Waals surface area contributed by atoms with Gasteiger partial charge in [-0.15, -0.1) is 0 Å². The summed E-state index contributed by atoms with van der Waals surface area (Å²) >= 11 is 0. The molecule has 0 saturated heterocycles. The molecule has 1 aromatic rings. The van der Waals surface area contributed by atoms with Crippen molar-refractivity contribution < 1.29 is 4.79 Å². The Kier molecular flexibility index (Phi) is 4.31. The van der Waals surface area contributed by atoms with E-state index in [4.69, 9.17) is 5.84 Å². The Balaban J connectivity index is 2.63. The summed E-state index contributed by atoms with van der Waals surface area (Å²) in [5, 5.41) is 1.29. The lowest BCUT2D eigenvalue weighted by Crippen LogP contribution is -2.38. The molecule has 1 amide bonds. The predicted molar refractivity (Wildman–Crippen MR) is 61.3 cm³/mol. The Labute approximate surface area is 90.9 Å². The maximum atomic E-state index is 11.8. The van der Waals surface area contributed by atoms with Gasteiger partial charge < -0.3 is 0 Å². The van der Waals surface area contributed by atoms with E-state index >= 15 is 0 Å². The largest absolute Gasteiger partial charge is 0.277 e. The van der Waals surface area contributed by atoms with E-state index in [1.54, 1.807) is 0 Å². The molecule has 0 unspecified atom stereocenters. The number of benzene rings is 1. The molecule has 0 aliphatic carbocycles. The van der Waals surface area contributed by atoms with Crippen molar-refractivity contribution in [2.24, 2.45) is 5.84 Å². The summed E-state index contributed by atoms with van der Waals surface area (Å²) < 4.78 is 0. The van der Waals surface area contributed by atoms with Gasteiger partial charge in [0, 0.05) is 12.1 Å². The van der Waals surface area contributed by atoms with Gasteiger partial charge in [-0.05, 0) is 25.5 Å². The molecule has 0 fully saturated rings. The summed E-state index contributed by atoms with van der Waals surface area (Å²) in [6, 6.07) is 7.45. The third kappa shape index (κ3) is 3.36. The van der Waals surface area contributed by atoms with Gasteiger partial charge in [0.05, 0.1) is 0 Å². The molecule has 0 aliphatic heterocycles. The minimum Gasteiger partial charge on any atom is -0.277 e. The minimum atomic E-state index is -0.108. The molecule has 1 aromatic carbocycles. The summed E-state index contributed by atoms with van der Waals surface area (Å²) in [5.41, 5.74) is 1.79. The Morgan fingerprint density at radius 1 is 1.33 bits per heavy atom. The van der Waals surface area contributed by atoms with E-state index in [0.29, 0.717) is 12.1 Å². The summed E-state index contributed by atoms with van der Waals surface area (Å²) in [6.07, 6.45) is 1.98. The summed E-state index contributed by atoms with van der Waals surface area (Å²) in [7, 11) is 0. The lowest BCUT2D eigenvalue weighted by atomic mass is 10.1. The molecule has 82 valence electrons. The van der Waals surface area contributed by atoms with Gasteiger partial charge in [-0.25, -0.2) is 5.84 Å². The minimum absolute atomic E-state index is 0.108. The van der Waals surface area contributed by atoms with Crippen LogP contribution in [0, 0.1) is 6.92 Å². The molecular weight excluding hydrogens is 188 g/mol. The fraction of sp³-hybridized carbons (Fsp3) is 0.417. The molecule has 2 N–H and O–H groups in total. The van der Waals surface area contributed by atoms with Gasteiger partial charge in [-0.2, -0.15) is 0 Å². The highest BCUT2D eigenvalue weighted by molar-refractivity contribution is 5.93. The molecule has 0 aliphatic rings. The molecule has 0 heterocycles. The van der Waals surface area contributed by atoms with Crippen LogP contribution in [0.4, 0.5) is 0 Å². The predicted octanol–water partition coefficient (Wildman–Crippen LogP) is 2.11. The number of carbonyl (C=O) groups is 1. The monoisotopic (exact) mass is 206 g/mol. The second-order valence-electron chi connectivity index (χ2n) is 3.72. The highest BCUT2D eigenvalue weighted by atomic mass is 16.2. The van der Waals surface area contributed by atoms with Crippen LogP contribution in [0.3, 0.4) is 0 Å². The fourth-order valence-corrected chi connectivity index (χ4v) is 1.29. The van der Waals surface area contributed by atoms with Crippen LogP contribution < -0.4 is 5.84 Å². The van der Waals surface area contributed by atoms with Crippen molar-refractivity contribution in [2.75, 3.05) is 6.54 Å². The Hall–Kier alpha value is -1.35. The molecule has 0 saturated carbocycles. The van der Waals surface area contributed by atoms with Crippen molar-refractivity contribution >= 4 is 5.91 Å². The molecule has 0 atom stereocenters. The van der Waals surface area contributed by atoms with Crippen molar-refractivity contribution in [3.05, 3.63) is 35.4 Å². The van der Waals surface area contributed by atoms with E-state index in [1.807, 2.05) is 31.2 Å². The average molecular weight is 206 g/mol. The van der Waals surface area contributed by atoms with Crippen LogP contribution in [0.2, 0.25) is 0 Å². The van der Waals surface area contributed by atoms with E-state index in [1.165, 1.54) is 5.01 Å². The lowest BCUT2D eigenvalue weighted by molar-refractivity contribution is 0.0753. The van der Waals surface area contributed by atoms with E-state index in [2.05, 4.69) is 6.92 Å². The normalized spacial score (nSPS) is 10.1. The zero-order chi connectivity index (χ0) is 11.3. The zero-order valence-corrected chi connectivity index (χ0v) is 9.36. The lowest BCUT2D eigenvalue weighted by Gasteiger charge is -2.16. The Morgan fingerprint density at radius 3 is 2.47 bits per heavy atom. The third-order valence-electron chi connectivity index (χ3n) is 2.31. The zero-order valence-electron chi connectivity index (χ0n) is 9.36. The summed E-state index contributed by atoms with van der Waals surface area (Å²) in [4.78, 5) is 11.8. The van der Waals surface area contributed by atoms with Crippen LogP contribution in [0.15, 0.2) is 24.3 Å². The first-order valence-corrected chi connectivity index (χ1v) is 5.28. The molecule has 15 heavy (non-hydrogen) atoms. The van der Waals surface area contributed by atoms with Gasteiger partial charge in [-0.3, -0.25) is 9.80 Å². The van der Waals surface area contributed by atoms with Gasteiger partial charge in [0.2, 0.25) is 0 Å². The number of unbranched alkanes of at least 4 members (excludes halogenated alkanes) is 1. The van der Waals surface area contributed by atoms with E-state index in [9.17, 15) is 4.79 Å². The topological polar surface area (TPSA) is 46.3 Å². The van der Waals surface area contributed by atoms with Gasteiger partial charge in [-0.1, -0.05) is 31.0 Å². The van der Waals surface area contributed by atoms with Crippen LogP contribution in [0.1, 0.15) is 35.7 Å². The Bertz CT molecular complexity index is 319. The number of nitrogens with zero attached hydrogens (tertiary/aromatic N) is 1. The standard InChI is InChI=1S/C12H18N2O/c1-3-4-9-14(13)12(15)11-7-5-10(2)6-8-11/h5-8H,3-4,9,13H2,1-2H3. The first-order valence-electron chi connectivity index (χ1n) is 5.28. The second-order valence-corrected chi connectivity index (χ2v) is 3.72.